The van der Waals surface area contributed by atoms with Crippen LogP contribution in [0.15, 0.2) is 0 Å². The first kappa shape index (κ1) is 9.53. The molecule has 13 heavy (non-hydrogen) atoms. The Kier molecular flexibility index (Phi) is 3.28. The Morgan fingerprint density at radius 3 is 2.69 bits per heavy atom. The molecule has 0 N–H and O–H groups in total. The van der Waals surface area contributed by atoms with Crippen LogP contribution in [0.1, 0.15) is 25.7 Å². The number of thioether (sulfide) groups is 1. The second-order valence-corrected chi connectivity index (χ2v) is 4.97. The summed E-state index contributed by atoms with van der Waals surface area (Å²) in [7, 11) is 0. The number of carbonyl (C=O) groups excluding carboxylic acids is 1. The molecule has 0 aromatic carbocycles. The highest BCUT2D eigenvalue weighted by molar-refractivity contribution is 7.99. The number of hydrogen-bond donors (Lipinski definition) is 0. The minimum atomic E-state index is -0.0816. The van der Waals surface area contributed by atoms with Crippen LogP contribution in [0.25, 0.3) is 0 Å². The van der Waals surface area contributed by atoms with Crippen molar-refractivity contribution in [3.05, 3.63) is 0 Å². The van der Waals surface area contributed by atoms with E-state index in [4.69, 9.17) is 4.74 Å². The molecule has 1 unspecified atom stereocenters. The summed E-state index contributed by atoms with van der Waals surface area (Å²) in [6, 6.07) is 0. The molecule has 2 nitrogen and oxygen atoms in total. The molecule has 0 aromatic rings. The van der Waals surface area contributed by atoms with Crippen LogP contribution < -0.4 is 0 Å². The summed E-state index contributed by atoms with van der Waals surface area (Å²) in [6.45, 7) is 0.758. The third kappa shape index (κ3) is 2.26. The van der Waals surface area contributed by atoms with Gasteiger partial charge in [0.2, 0.25) is 0 Å². The molecular formula is C10H16O2S. The molecule has 2 rings (SSSR count). The maximum absolute atomic E-state index is 11.9. The van der Waals surface area contributed by atoms with Gasteiger partial charge in [-0.25, -0.2) is 0 Å². The summed E-state index contributed by atoms with van der Waals surface area (Å²) < 4.78 is 5.48. The van der Waals surface area contributed by atoms with Crippen molar-refractivity contribution in [2.45, 2.75) is 31.8 Å². The van der Waals surface area contributed by atoms with Gasteiger partial charge in [-0.3, -0.25) is 4.79 Å². The molecule has 1 saturated carbocycles. The predicted molar refractivity (Wildman–Crippen MR) is 54.0 cm³/mol. The third-order valence-electron chi connectivity index (χ3n) is 2.89. The molecule has 74 valence electrons. The van der Waals surface area contributed by atoms with E-state index in [9.17, 15) is 4.79 Å². The Morgan fingerprint density at radius 1 is 1.31 bits per heavy atom. The smallest absolute Gasteiger partial charge is 0.165 e. The van der Waals surface area contributed by atoms with Crippen molar-refractivity contribution in [1.82, 2.24) is 0 Å². The molecule has 2 fully saturated rings. The lowest BCUT2D eigenvalue weighted by Crippen LogP contribution is -2.35. The molecule has 2 aliphatic rings. The van der Waals surface area contributed by atoms with E-state index in [0.717, 1.165) is 31.0 Å². The summed E-state index contributed by atoms with van der Waals surface area (Å²) >= 11 is 1.84. The van der Waals surface area contributed by atoms with Gasteiger partial charge in [-0.05, 0) is 12.8 Å². The zero-order chi connectivity index (χ0) is 9.10. The van der Waals surface area contributed by atoms with E-state index in [1.165, 1.54) is 12.8 Å². The van der Waals surface area contributed by atoms with Crippen LogP contribution in [0.2, 0.25) is 0 Å². The lowest BCUT2D eigenvalue weighted by molar-refractivity contribution is -0.133. The highest BCUT2D eigenvalue weighted by Crippen LogP contribution is 2.28. The van der Waals surface area contributed by atoms with Crippen molar-refractivity contribution in [3.8, 4) is 0 Å². The van der Waals surface area contributed by atoms with Gasteiger partial charge < -0.3 is 4.74 Å². The number of hydrogen-bond acceptors (Lipinski definition) is 3. The molecule has 1 aliphatic heterocycles. The monoisotopic (exact) mass is 200 g/mol. The van der Waals surface area contributed by atoms with Crippen molar-refractivity contribution in [2.24, 2.45) is 5.92 Å². The van der Waals surface area contributed by atoms with Crippen LogP contribution in [-0.4, -0.2) is 30.0 Å². The van der Waals surface area contributed by atoms with Gasteiger partial charge >= 0.3 is 0 Å². The first-order valence-corrected chi connectivity index (χ1v) is 6.26. The molecule has 0 bridgehead atoms. The summed E-state index contributed by atoms with van der Waals surface area (Å²) in [5.74, 6) is 2.64. The summed E-state index contributed by atoms with van der Waals surface area (Å²) in [5.41, 5.74) is 0. The quantitative estimate of drug-likeness (QED) is 0.681. The number of ketones is 1. The lowest BCUT2D eigenvalue weighted by Gasteiger charge is -2.23. The Balaban J connectivity index is 1.87. The van der Waals surface area contributed by atoms with E-state index < -0.39 is 0 Å². The molecule has 1 heterocycles. The maximum atomic E-state index is 11.9. The number of carbonyl (C=O) groups is 1. The van der Waals surface area contributed by atoms with E-state index in [0.29, 0.717) is 11.7 Å². The summed E-state index contributed by atoms with van der Waals surface area (Å²) in [6.07, 6.45) is 4.58. The van der Waals surface area contributed by atoms with E-state index in [1.54, 1.807) is 0 Å². The van der Waals surface area contributed by atoms with Crippen molar-refractivity contribution in [1.29, 1.82) is 0 Å². The lowest BCUT2D eigenvalue weighted by atomic mass is 9.99. The van der Waals surface area contributed by atoms with Gasteiger partial charge in [-0.15, -0.1) is 0 Å². The van der Waals surface area contributed by atoms with E-state index in [2.05, 4.69) is 0 Å². The molecule has 1 atom stereocenters. The van der Waals surface area contributed by atoms with E-state index >= 15 is 0 Å². The molecule has 1 aliphatic carbocycles. The Labute approximate surface area is 83.4 Å². The van der Waals surface area contributed by atoms with Crippen LogP contribution in [0, 0.1) is 5.92 Å². The van der Waals surface area contributed by atoms with Gasteiger partial charge in [0.1, 0.15) is 6.10 Å². The molecule has 3 heteroatoms. The van der Waals surface area contributed by atoms with Crippen LogP contribution >= 0.6 is 11.8 Å². The predicted octanol–water partition coefficient (Wildman–Crippen LogP) is 1.88. The maximum Gasteiger partial charge on any atom is 0.165 e. The van der Waals surface area contributed by atoms with Gasteiger partial charge in [0, 0.05) is 17.4 Å². The molecule has 0 spiro atoms. The third-order valence-corrected chi connectivity index (χ3v) is 3.88. The molecule has 0 radical (unpaired) electrons. The van der Waals surface area contributed by atoms with Gasteiger partial charge in [0.25, 0.3) is 0 Å². The minimum absolute atomic E-state index is 0.0816. The van der Waals surface area contributed by atoms with E-state index in [1.807, 2.05) is 11.8 Å². The Hall–Kier alpha value is -0.0200. The van der Waals surface area contributed by atoms with Crippen LogP contribution in [0.5, 0.6) is 0 Å². The van der Waals surface area contributed by atoms with Gasteiger partial charge in [-0.1, -0.05) is 12.8 Å². The molecule has 0 aromatic heterocycles. The van der Waals surface area contributed by atoms with Gasteiger partial charge in [0.05, 0.1) is 6.61 Å². The van der Waals surface area contributed by atoms with Crippen molar-refractivity contribution < 1.29 is 9.53 Å². The highest BCUT2D eigenvalue weighted by Gasteiger charge is 2.30. The normalized spacial score (nSPS) is 30.6. The summed E-state index contributed by atoms with van der Waals surface area (Å²) in [4.78, 5) is 11.9. The zero-order valence-corrected chi connectivity index (χ0v) is 8.65. The topological polar surface area (TPSA) is 26.3 Å². The fourth-order valence-corrected chi connectivity index (χ4v) is 2.98. The number of ether oxygens (including phenoxy) is 1. The SMILES string of the molecule is O=C(C1CCCC1)C1CSCCO1. The van der Waals surface area contributed by atoms with Crippen molar-refractivity contribution in [3.63, 3.8) is 0 Å². The minimum Gasteiger partial charge on any atom is -0.369 e. The van der Waals surface area contributed by atoms with Crippen LogP contribution in [0.3, 0.4) is 0 Å². The average molecular weight is 200 g/mol. The van der Waals surface area contributed by atoms with Crippen molar-refractivity contribution in [2.75, 3.05) is 18.1 Å². The summed E-state index contributed by atoms with van der Waals surface area (Å²) in [5, 5.41) is 0. The fourth-order valence-electron chi connectivity index (χ4n) is 2.13. The zero-order valence-electron chi connectivity index (χ0n) is 7.83. The second-order valence-electron chi connectivity index (χ2n) is 3.82. The fraction of sp³-hybridized carbons (Fsp3) is 0.900. The molecule has 0 amide bonds. The van der Waals surface area contributed by atoms with Gasteiger partial charge in [-0.2, -0.15) is 11.8 Å². The Morgan fingerprint density at radius 2 is 2.08 bits per heavy atom. The van der Waals surface area contributed by atoms with Gasteiger partial charge in [0.15, 0.2) is 5.78 Å². The highest BCUT2D eigenvalue weighted by atomic mass is 32.2. The van der Waals surface area contributed by atoms with Crippen LogP contribution in [0.4, 0.5) is 0 Å². The average Bonchev–Trinajstić information content (AvgIpc) is 2.71. The second kappa shape index (κ2) is 4.47. The van der Waals surface area contributed by atoms with Crippen molar-refractivity contribution >= 4 is 17.5 Å². The first-order chi connectivity index (χ1) is 6.38. The number of Topliss-reactive ketones (excluding diaryl/α,β-unsaturated/α-hetero) is 1. The van der Waals surface area contributed by atoms with Crippen LogP contribution in [-0.2, 0) is 9.53 Å². The van der Waals surface area contributed by atoms with E-state index in [-0.39, 0.29) is 6.10 Å². The molecular weight excluding hydrogens is 184 g/mol. The number of rotatable bonds is 2. The first-order valence-electron chi connectivity index (χ1n) is 5.11. The largest absolute Gasteiger partial charge is 0.369 e. The molecule has 1 saturated heterocycles. The Bertz CT molecular complexity index is 181. The standard InChI is InChI=1S/C10H16O2S/c11-10(8-3-1-2-4-8)9-7-13-6-5-12-9/h8-9H,1-7H2.